The molecule has 0 saturated heterocycles. The van der Waals surface area contributed by atoms with E-state index in [1.54, 1.807) is 36.5 Å². The average Bonchev–Trinajstić information content (AvgIpc) is 2.98. The summed E-state index contributed by atoms with van der Waals surface area (Å²) in [5.41, 5.74) is 1.24. The van der Waals surface area contributed by atoms with Crippen LogP contribution in [0.5, 0.6) is 0 Å². The normalized spacial score (nSPS) is 12.0. The van der Waals surface area contributed by atoms with Gasteiger partial charge in [0, 0.05) is 40.1 Å². The van der Waals surface area contributed by atoms with Gasteiger partial charge in [-0.3, -0.25) is 4.79 Å². The molecule has 25 heavy (non-hydrogen) atoms. The van der Waals surface area contributed by atoms with Crippen molar-refractivity contribution < 1.29 is 4.79 Å². The molecular weight excluding hydrogens is 381 g/mol. The summed E-state index contributed by atoms with van der Waals surface area (Å²) in [6, 6.07) is 11.5. The Labute approximate surface area is 160 Å². The molecule has 0 spiro atoms. The van der Waals surface area contributed by atoms with Crippen LogP contribution in [0.4, 0.5) is 0 Å². The lowest BCUT2D eigenvalue weighted by Crippen LogP contribution is -2.31. The lowest BCUT2D eigenvalue weighted by atomic mass is 10.1. The second kappa shape index (κ2) is 7.48. The highest BCUT2D eigenvalue weighted by molar-refractivity contribution is 6.35. The molecule has 0 radical (unpaired) electrons. The number of nitrogens with one attached hydrogen (secondary N) is 1. The van der Waals surface area contributed by atoms with Gasteiger partial charge in [-0.05, 0) is 35.9 Å². The summed E-state index contributed by atoms with van der Waals surface area (Å²) in [5, 5.41) is 4.41. The van der Waals surface area contributed by atoms with Crippen molar-refractivity contribution in [1.82, 2.24) is 14.9 Å². The first-order valence-corrected chi connectivity index (χ1v) is 8.57. The maximum Gasteiger partial charge on any atom is 0.252 e. The maximum atomic E-state index is 12.7. The van der Waals surface area contributed by atoms with Gasteiger partial charge in [-0.25, -0.2) is 4.98 Å². The Morgan fingerprint density at radius 3 is 2.24 bits per heavy atom. The smallest absolute Gasteiger partial charge is 0.252 e. The van der Waals surface area contributed by atoms with Gasteiger partial charge in [0.15, 0.2) is 0 Å². The number of nitrogens with zero attached hydrogens (tertiary/aromatic N) is 2. The number of carbonyl (C=O) groups excluding carboxylic acids is 1. The van der Waals surface area contributed by atoms with Crippen LogP contribution in [0.15, 0.2) is 54.9 Å². The van der Waals surface area contributed by atoms with Crippen molar-refractivity contribution in [1.29, 1.82) is 0 Å². The lowest BCUT2D eigenvalue weighted by Gasteiger charge is -2.19. The Morgan fingerprint density at radius 2 is 1.68 bits per heavy atom. The number of hydrogen-bond donors (Lipinski definition) is 1. The van der Waals surface area contributed by atoms with E-state index in [9.17, 15) is 4.79 Å². The SMILES string of the molecule is Cn1ccnc1C(NC(=O)c1cc(Cl)cc(Cl)c1)c1ccc(Cl)cc1. The minimum Gasteiger partial charge on any atom is -0.338 e. The first-order valence-electron chi connectivity index (χ1n) is 7.43. The lowest BCUT2D eigenvalue weighted by molar-refractivity contribution is 0.0941. The number of hydrogen-bond acceptors (Lipinski definition) is 2. The van der Waals surface area contributed by atoms with Crippen LogP contribution in [0.3, 0.4) is 0 Å². The van der Waals surface area contributed by atoms with Crippen molar-refractivity contribution in [3.05, 3.63) is 86.9 Å². The molecule has 128 valence electrons. The van der Waals surface area contributed by atoms with Crippen LogP contribution < -0.4 is 5.32 Å². The highest BCUT2D eigenvalue weighted by Gasteiger charge is 2.21. The van der Waals surface area contributed by atoms with Gasteiger partial charge in [0.05, 0.1) is 0 Å². The van der Waals surface area contributed by atoms with Crippen molar-refractivity contribution in [2.24, 2.45) is 7.05 Å². The molecular formula is C18H14Cl3N3O. The van der Waals surface area contributed by atoms with Crippen LogP contribution in [-0.4, -0.2) is 15.5 Å². The largest absolute Gasteiger partial charge is 0.338 e. The molecule has 1 atom stereocenters. The van der Waals surface area contributed by atoms with Crippen molar-refractivity contribution >= 4 is 40.7 Å². The van der Waals surface area contributed by atoms with Gasteiger partial charge in [0.2, 0.25) is 0 Å². The Kier molecular flexibility index (Phi) is 5.33. The maximum absolute atomic E-state index is 12.7. The Hall–Kier alpha value is -2.01. The molecule has 1 aromatic heterocycles. The molecule has 4 nitrogen and oxygen atoms in total. The number of imidazole rings is 1. The minimum atomic E-state index is -0.442. The summed E-state index contributed by atoms with van der Waals surface area (Å²) in [7, 11) is 1.87. The van der Waals surface area contributed by atoms with E-state index in [0.29, 0.717) is 26.5 Å². The zero-order chi connectivity index (χ0) is 18.0. The van der Waals surface area contributed by atoms with Gasteiger partial charge in [0.25, 0.3) is 5.91 Å². The molecule has 0 bridgehead atoms. The van der Waals surface area contributed by atoms with Gasteiger partial charge >= 0.3 is 0 Å². The van der Waals surface area contributed by atoms with Crippen LogP contribution in [0.1, 0.15) is 27.8 Å². The quantitative estimate of drug-likeness (QED) is 0.684. The fraction of sp³-hybridized carbons (Fsp3) is 0.111. The average molecular weight is 395 g/mol. The Morgan fingerprint density at radius 1 is 1.04 bits per heavy atom. The number of halogens is 3. The van der Waals surface area contributed by atoms with Gasteiger partial charge in [-0.2, -0.15) is 0 Å². The van der Waals surface area contributed by atoms with Gasteiger partial charge in [-0.15, -0.1) is 0 Å². The zero-order valence-corrected chi connectivity index (χ0v) is 15.5. The Balaban J connectivity index is 1.96. The second-order valence-corrected chi connectivity index (χ2v) is 6.82. The van der Waals surface area contributed by atoms with Gasteiger partial charge in [0.1, 0.15) is 11.9 Å². The first-order chi connectivity index (χ1) is 11.9. The number of benzene rings is 2. The van der Waals surface area contributed by atoms with Gasteiger partial charge in [-0.1, -0.05) is 46.9 Å². The van der Waals surface area contributed by atoms with E-state index in [0.717, 1.165) is 5.56 Å². The fourth-order valence-electron chi connectivity index (χ4n) is 2.51. The van der Waals surface area contributed by atoms with Crippen LogP contribution in [0.2, 0.25) is 15.1 Å². The number of amides is 1. The second-order valence-electron chi connectivity index (χ2n) is 5.51. The predicted molar refractivity (Wildman–Crippen MR) is 100 cm³/mol. The van der Waals surface area contributed by atoms with E-state index < -0.39 is 6.04 Å². The van der Waals surface area contributed by atoms with E-state index in [-0.39, 0.29) is 5.91 Å². The van der Waals surface area contributed by atoms with Crippen molar-refractivity contribution in [3.8, 4) is 0 Å². The van der Waals surface area contributed by atoms with E-state index in [2.05, 4.69) is 10.3 Å². The van der Waals surface area contributed by atoms with E-state index in [1.807, 2.05) is 29.9 Å². The molecule has 1 heterocycles. The van der Waals surface area contributed by atoms with E-state index >= 15 is 0 Å². The van der Waals surface area contributed by atoms with Crippen LogP contribution >= 0.6 is 34.8 Å². The first kappa shape index (κ1) is 17.8. The van der Waals surface area contributed by atoms with Crippen LogP contribution in [0.25, 0.3) is 0 Å². The summed E-state index contributed by atoms with van der Waals surface area (Å²) in [4.78, 5) is 17.1. The summed E-state index contributed by atoms with van der Waals surface area (Å²) in [6.45, 7) is 0. The minimum absolute atomic E-state index is 0.299. The van der Waals surface area contributed by atoms with Crippen molar-refractivity contribution in [2.45, 2.75) is 6.04 Å². The molecule has 0 saturated carbocycles. The standard InChI is InChI=1S/C18H14Cl3N3O/c1-24-7-6-22-17(24)16(11-2-4-13(19)5-3-11)23-18(25)12-8-14(20)10-15(21)9-12/h2-10,16H,1H3,(H,23,25). The molecule has 3 aromatic rings. The van der Waals surface area contributed by atoms with E-state index in [4.69, 9.17) is 34.8 Å². The Bertz CT molecular complexity index is 886. The number of aromatic nitrogens is 2. The molecule has 3 rings (SSSR count). The third-order valence-corrected chi connectivity index (χ3v) is 4.41. The number of rotatable bonds is 4. The van der Waals surface area contributed by atoms with Crippen molar-refractivity contribution in [3.63, 3.8) is 0 Å². The summed E-state index contributed by atoms with van der Waals surface area (Å²) >= 11 is 18.0. The molecule has 1 unspecified atom stereocenters. The fourth-order valence-corrected chi connectivity index (χ4v) is 3.16. The number of carbonyl (C=O) groups is 1. The molecule has 0 fully saturated rings. The topological polar surface area (TPSA) is 46.9 Å². The van der Waals surface area contributed by atoms with E-state index in [1.165, 1.54) is 0 Å². The number of aryl methyl sites for hydroxylation is 1. The summed E-state index contributed by atoms with van der Waals surface area (Å²) in [6.07, 6.45) is 3.50. The highest BCUT2D eigenvalue weighted by Crippen LogP contribution is 2.24. The monoisotopic (exact) mass is 393 g/mol. The van der Waals surface area contributed by atoms with Crippen LogP contribution in [-0.2, 0) is 7.05 Å². The summed E-state index contributed by atoms with van der Waals surface area (Å²) < 4.78 is 1.85. The third kappa shape index (κ3) is 4.15. The predicted octanol–water partition coefficient (Wildman–Crippen LogP) is 4.90. The molecule has 0 aliphatic rings. The highest BCUT2D eigenvalue weighted by atomic mass is 35.5. The zero-order valence-electron chi connectivity index (χ0n) is 13.2. The molecule has 2 aromatic carbocycles. The molecule has 7 heteroatoms. The summed E-state index contributed by atoms with van der Waals surface area (Å²) in [5.74, 6) is 0.399. The molecule has 0 aliphatic carbocycles. The van der Waals surface area contributed by atoms with Gasteiger partial charge < -0.3 is 9.88 Å². The van der Waals surface area contributed by atoms with Crippen LogP contribution in [0, 0.1) is 0 Å². The molecule has 0 aliphatic heterocycles. The molecule has 1 amide bonds. The van der Waals surface area contributed by atoms with Crippen molar-refractivity contribution in [2.75, 3.05) is 0 Å². The molecule has 1 N–H and O–H groups in total. The third-order valence-electron chi connectivity index (χ3n) is 3.72.